The van der Waals surface area contributed by atoms with Gasteiger partial charge in [-0.15, -0.1) is 10.2 Å². The molecule has 1 aromatic heterocycles. The number of nitrogens with zero attached hydrogens (tertiary/aromatic N) is 2. The number of hydrogen-bond donors (Lipinski definition) is 2. The molecule has 0 saturated heterocycles. The van der Waals surface area contributed by atoms with Crippen molar-refractivity contribution in [3.63, 3.8) is 0 Å². The third-order valence-electron chi connectivity index (χ3n) is 3.70. The van der Waals surface area contributed by atoms with Crippen LogP contribution in [-0.4, -0.2) is 22.7 Å². The van der Waals surface area contributed by atoms with Crippen molar-refractivity contribution in [1.82, 2.24) is 15.5 Å². The molecule has 3 aromatic rings. The zero-order chi connectivity index (χ0) is 19.1. The zero-order valence-corrected chi connectivity index (χ0v) is 14.8. The number of amides is 1. The molecule has 0 aliphatic rings. The smallest absolute Gasteiger partial charge is 0.272 e. The number of anilines is 2. The largest absolute Gasteiger partial charge is 0.494 e. The number of hydrogen-bond acceptors (Lipinski definition) is 5. The van der Waals surface area contributed by atoms with E-state index in [1.165, 1.54) is 12.1 Å². The lowest BCUT2D eigenvalue weighted by atomic mass is 10.2. The Morgan fingerprint density at radius 3 is 2.37 bits per heavy atom. The van der Waals surface area contributed by atoms with Gasteiger partial charge in [0.25, 0.3) is 5.91 Å². The molecular weight excluding hydrogens is 347 g/mol. The lowest BCUT2D eigenvalue weighted by Crippen LogP contribution is -2.24. The van der Waals surface area contributed by atoms with Crippen LogP contribution in [0.3, 0.4) is 0 Å². The van der Waals surface area contributed by atoms with E-state index in [1.807, 2.05) is 31.2 Å². The molecule has 0 saturated carbocycles. The summed E-state index contributed by atoms with van der Waals surface area (Å²) in [6.45, 7) is 2.83. The van der Waals surface area contributed by atoms with Gasteiger partial charge in [-0.25, -0.2) is 4.39 Å². The molecule has 0 radical (unpaired) electrons. The summed E-state index contributed by atoms with van der Waals surface area (Å²) in [7, 11) is 0. The van der Waals surface area contributed by atoms with Crippen molar-refractivity contribution in [2.45, 2.75) is 13.5 Å². The number of halogens is 1. The quantitative estimate of drug-likeness (QED) is 0.667. The number of carbonyl (C=O) groups excluding carboxylic acids is 1. The van der Waals surface area contributed by atoms with Gasteiger partial charge < -0.3 is 15.4 Å². The second-order valence-corrected chi connectivity index (χ2v) is 5.70. The second-order valence-electron chi connectivity index (χ2n) is 5.70. The van der Waals surface area contributed by atoms with E-state index in [0.29, 0.717) is 12.4 Å². The summed E-state index contributed by atoms with van der Waals surface area (Å²) in [5, 5.41) is 13.8. The fourth-order valence-electron chi connectivity index (χ4n) is 2.34. The monoisotopic (exact) mass is 366 g/mol. The van der Waals surface area contributed by atoms with Gasteiger partial charge in [0, 0.05) is 12.2 Å². The van der Waals surface area contributed by atoms with Crippen molar-refractivity contribution in [1.29, 1.82) is 0 Å². The second kappa shape index (κ2) is 8.75. The van der Waals surface area contributed by atoms with Crippen molar-refractivity contribution in [2.24, 2.45) is 0 Å². The third-order valence-corrected chi connectivity index (χ3v) is 3.70. The first kappa shape index (κ1) is 18.3. The number of ether oxygens (including phenoxy) is 1. The lowest BCUT2D eigenvalue weighted by Gasteiger charge is -2.08. The van der Waals surface area contributed by atoms with E-state index in [4.69, 9.17) is 4.74 Å². The highest BCUT2D eigenvalue weighted by atomic mass is 19.1. The van der Waals surface area contributed by atoms with Crippen molar-refractivity contribution in [2.75, 3.05) is 11.9 Å². The normalized spacial score (nSPS) is 10.3. The fraction of sp³-hybridized carbons (Fsp3) is 0.150. The van der Waals surface area contributed by atoms with Gasteiger partial charge in [-0.05, 0) is 61.0 Å². The SMILES string of the molecule is CCOc1ccc(Nc2ccc(C(=O)NCc3ccc(F)cc3)nn2)cc1. The molecule has 27 heavy (non-hydrogen) atoms. The number of rotatable bonds is 7. The zero-order valence-electron chi connectivity index (χ0n) is 14.8. The van der Waals surface area contributed by atoms with Gasteiger partial charge in [0.15, 0.2) is 11.5 Å². The van der Waals surface area contributed by atoms with E-state index in [1.54, 1.807) is 24.3 Å². The Balaban J connectivity index is 1.55. The fourth-order valence-corrected chi connectivity index (χ4v) is 2.34. The van der Waals surface area contributed by atoms with E-state index >= 15 is 0 Å². The van der Waals surface area contributed by atoms with Crippen molar-refractivity contribution < 1.29 is 13.9 Å². The summed E-state index contributed by atoms with van der Waals surface area (Å²) < 4.78 is 18.3. The number of nitrogens with one attached hydrogen (secondary N) is 2. The van der Waals surface area contributed by atoms with Gasteiger partial charge in [0.1, 0.15) is 11.6 Å². The van der Waals surface area contributed by atoms with E-state index in [0.717, 1.165) is 17.0 Å². The molecule has 0 bridgehead atoms. The minimum atomic E-state index is -0.348. The molecule has 3 rings (SSSR count). The molecule has 0 aliphatic heterocycles. The van der Waals surface area contributed by atoms with Crippen LogP contribution in [0.1, 0.15) is 23.0 Å². The Bertz CT molecular complexity index is 881. The maximum absolute atomic E-state index is 12.9. The van der Waals surface area contributed by atoms with Gasteiger partial charge in [-0.2, -0.15) is 0 Å². The van der Waals surface area contributed by atoms with E-state index in [9.17, 15) is 9.18 Å². The van der Waals surface area contributed by atoms with Crippen LogP contribution in [0, 0.1) is 5.82 Å². The van der Waals surface area contributed by atoms with Crippen molar-refractivity contribution >= 4 is 17.4 Å². The predicted octanol–water partition coefficient (Wildman–Crippen LogP) is 3.69. The van der Waals surface area contributed by atoms with E-state index in [2.05, 4.69) is 20.8 Å². The molecule has 0 aliphatic carbocycles. The molecule has 0 unspecified atom stereocenters. The molecule has 6 nitrogen and oxygen atoms in total. The molecule has 7 heteroatoms. The van der Waals surface area contributed by atoms with Crippen LogP contribution in [0.2, 0.25) is 0 Å². The number of benzene rings is 2. The first-order valence-corrected chi connectivity index (χ1v) is 8.50. The Labute approximate surface area is 156 Å². The highest BCUT2D eigenvalue weighted by Crippen LogP contribution is 2.18. The highest BCUT2D eigenvalue weighted by molar-refractivity contribution is 5.92. The first-order chi connectivity index (χ1) is 13.1. The van der Waals surface area contributed by atoms with Gasteiger partial charge in [0.2, 0.25) is 0 Å². The van der Waals surface area contributed by atoms with Crippen LogP contribution in [0.25, 0.3) is 0 Å². The van der Waals surface area contributed by atoms with Crippen molar-refractivity contribution in [3.8, 4) is 5.75 Å². The molecule has 1 amide bonds. The van der Waals surface area contributed by atoms with Crippen LogP contribution in [0.15, 0.2) is 60.7 Å². The van der Waals surface area contributed by atoms with Gasteiger partial charge >= 0.3 is 0 Å². The average Bonchev–Trinajstić information content (AvgIpc) is 2.70. The van der Waals surface area contributed by atoms with Gasteiger partial charge in [-0.3, -0.25) is 4.79 Å². The molecule has 0 spiro atoms. The van der Waals surface area contributed by atoms with Crippen LogP contribution < -0.4 is 15.4 Å². The average molecular weight is 366 g/mol. The lowest BCUT2D eigenvalue weighted by molar-refractivity contribution is 0.0945. The predicted molar refractivity (Wildman–Crippen MR) is 100 cm³/mol. The van der Waals surface area contributed by atoms with E-state index in [-0.39, 0.29) is 24.0 Å². The number of aromatic nitrogens is 2. The molecule has 2 aromatic carbocycles. The maximum atomic E-state index is 12.9. The van der Waals surface area contributed by atoms with Crippen LogP contribution in [0.4, 0.5) is 15.9 Å². The molecule has 1 heterocycles. The Hall–Kier alpha value is -3.48. The summed E-state index contributed by atoms with van der Waals surface area (Å²) in [5.41, 5.74) is 1.84. The first-order valence-electron chi connectivity index (χ1n) is 8.50. The third kappa shape index (κ3) is 5.24. The van der Waals surface area contributed by atoms with Crippen LogP contribution in [-0.2, 0) is 6.54 Å². The van der Waals surface area contributed by atoms with E-state index < -0.39 is 0 Å². The summed E-state index contributed by atoms with van der Waals surface area (Å²) in [5.74, 6) is 0.655. The summed E-state index contributed by atoms with van der Waals surface area (Å²) >= 11 is 0. The molecule has 0 atom stereocenters. The number of carbonyl (C=O) groups is 1. The Morgan fingerprint density at radius 1 is 1.00 bits per heavy atom. The van der Waals surface area contributed by atoms with Crippen LogP contribution in [0.5, 0.6) is 5.75 Å². The Kier molecular flexibility index (Phi) is 5.94. The van der Waals surface area contributed by atoms with Crippen molar-refractivity contribution in [3.05, 3.63) is 77.7 Å². The topological polar surface area (TPSA) is 76.1 Å². The molecule has 0 fully saturated rings. The molecule has 2 N–H and O–H groups in total. The summed E-state index contributed by atoms with van der Waals surface area (Å²) in [6, 6.07) is 16.7. The van der Waals surface area contributed by atoms with Crippen LogP contribution >= 0.6 is 0 Å². The Morgan fingerprint density at radius 2 is 1.74 bits per heavy atom. The minimum absolute atomic E-state index is 0.203. The molecular formula is C20H19FN4O2. The van der Waals surface area contributed by atoms with Gasteiger partial charge in [0.05, 0.1) is 6.61 Å². The molecule has 138 valence electrons. The minimum Gasteiger partial charge on any atom is -0.494 e. The summed E-state index contributed by atoms with van der Waals surface area (Å²) in [4.78, 5) is 12.1. The maximum Gasteiger partial charge on any atom is 0.272 e. The van der Waals surface area contributed by atoms with Gasteiger partial charge in [-0.1, -0.05) is 12.1 Å². The summed E-state index contributed by atoms with van der Waals surface area (Å²) in [6.07, 6.45) is 0. The standard InChI is InChI=1S/C20H19FN4O2/c1-2-27-17-9-7-16(8-10-17)23-19-12-11-18(24-25-19)20(26)22-13-14-3-5-15(21)6-4-14/h3-12H,2,13H2,1H3,(H,22,26)(H,23,25). The highest BCUT2D eigenvalue weighted by Gasteiger charge is 2.08.